The van der Waals surface area contributed by atoms with E-state index in [0.717, 1.165) is 25.9 Å². The molecule has 0 saturated carbocycles. The van der Waals surface area contributed by atoms with Crippen molar-refractivity contribution in [2.45, 2.75) is 25.4 Å². The van der Waals surface area contributed by atoms with Gasteiger partial charge in [0.15, 0.2) is 0 Å². The fourth-order valence-electron chi connectivity index (χ4n) is 1.32. The maximum absolute atomic E-state index is 5.44. The number of hydrogen-bond acceptors (Lipinski definition) is 4. The number of halogens is 1. The zero-order valence-corrected chi connectivity index (χ0v) is 8.65. The molecule has 2 rings (SSSR count). The fourth-order valence-corrected chi connectivity index (χ4v) is 1.68. The quantitative estimate of drug-likeness (QED) is 0.768. The van der Waals surface area contributed by atoms with E-state index >= 15 is 0 Å². The van der Waals surface area contributed by atoms with Crippen molar-refractivity contribution >= 4 is 22.6 Å². The summed E-state index contributed by atoms with van der Waals surface area (Å²) in [7, 11) is 0. The molecular formula is C7H9IN2O2. The number of aromatic nitrogens is 2. The lowest BCUT2D eigenvalue weighted by atomic mass is 10.2. The van der Waals surface area contributed by atoms with Crippen LogP contribution in [-0.4, -0.2) is 22.9 Å². The SMILES string of the molecule is Ic1noc(CC2CCCO2)n1. The highest BCUT2D eigenvalue weighted by Crippen LogP contribution is 2.16. The van der Waals surface area contributed by atoms with Crippen LogP contribution < -0.4 is 0 Å². The van der Waals surface area contributed by atoms with Crippen LogP contribution in [0.2, 0.25) is 0 Å². The molecule has 1 saturated heterocycles. The van der Waals surface area contributed by atoms with E-state index < -0.39 is 0 Å². The first kappa shape index (κ1) is 8.43. The Bertz CT molecular complexity index is 258. The van der Waals surface area contributed by atoms with Gasteiger partial charge in [0.2, 0.25) is 9.72 Å². The molecule has 5 heteroatoms. The first-order valence-corrected chi connectivity index (χ1v) is 5.02. The third-order valence-corrected chi connectivity index (χ3v) is 2.31. The average molecular weight is 280 g/mol. The topological polar surface area (TPSA) is 48.2 Å². The number of ether oxygens (including phenoxy) is 1. The van der Waals surface area contributed by atoms with Gasteiger partial charge in [0.05, 0.1) is 12.5 Å². The Morgan fingerprint density at radius 2 is 2.50 bits per heavy atom. The monoisotopic (exact) mass is 280 g/mol. The predicted octanol–water partition coefficient (Wildman–Crippen LogP) is 1.40. The van der Waals surface area contributed by atoms with Crippen LogP contribution in [-0.2, 0) is 11.2 Å². The summed E-state index contributed by atoms with van der Waals surface area (Å²) in [6.45, 7) is 0.871. The molecule has 0 radical (unpaired) electrons. The van der Waals surface area contributed by atoms with Crippen molar-refractivity contribution in [2.75, 3.05) is 6.61 Å². The van der Waals surface area contributed by atoms with Gasteiger partial charge in [-0.1, -0.05) is 5.16 Å². The zero-order chi connectivity index (χ0) is 8.39. The maximum atomic E-state index is 5.44. The summed E-state index contributed by atoms with van der Waals surface area (Å²) in [6, 6.07) is 0. The van der Waals surface area contributed by atoms with E-state index in [9.17, 15) is 0 Å². The number of rotatable bonds is 2. The van der Waals surface area contributed by atoms with Gasteiger partial charge in [0, 0.05) is 29.2 Å². The lowest BCUT2D eigenvalue weighted by Gasteiger charge is -2.03. The highest BCUT2D eigenvalue weighted by molar-refractivity contribution is 14.1. The molecule has 0 spiro atoms. The Balaban J connectivity index is 1.94. The maximum Gasteiger partial charge on any atom is 0.232 e. The minimum absolute atomic E-state index is 0.293. The molecule has 0 bridgehead atoms. The molecule has 0 amide bonds. The van der Waals surface area contributed by atoms with Gasteiger partial charge in [0.25, 0.3) is 0 Å². The number of hydrogen-bond donors (Lipinski definition) is 0. The molecule has 66 valence electrons. The molecule has 1 fully saturated rings. The Kier molecular flexibility index (Phi) is 2.60. The molecular weight excluding hydrogens is 271 g/mol. The molecule has 4 nitrogen and oxygen atoms in total. The van der Waals surface area contributed by atoms with Crippen LogP contribution in [0.3, 0.4) is 0 Å². The molecule has 0 aromatic carbocycles. The molecule has 12 heavy (non-hydrogen) atoms. The van der Waals surface area contributed by atoms with Crippen molar-refractivity contribution < 1.29 is 9.26 Å². The van der Waals surface area contributed by atoms with Crippen LogP contribution in [0.15, 0.2) is 4.52 Å². The summed E-state index contributed by atoms with van der Waals surface area (Å²) in [5.74, 6) is 0.686. The molecule has 1 atom stereocenters. The predicted molar refractivity (Wildman–Crippen MR) is 49.7 cm³/mol. The van der Waals surface area contributed by atoms with Crippen LogP contribution in [0.25, 0.3) is 0 Å². The summed E-state index contributed by atoms with van der Waals surface area (Å²) < 4.78 is 11.1. The summed E-state index contributed by atoms with van der Waals surface area (Å²) in [4.78, 5) is 4.10. The van der Waals surface area contributed by atoms with Crippen molar-refractivity contribution in [3.8, 4) is 0 Å². The average Bonchev–Trinajstić information content (AvgIpc) is 2.63. The fraction of sp³-hybridized carbons (Fsp3) is 0.714. The van der Waals surface area contributed by atoms with Crippen molar-refractivity contribution in [3.05, 3.63) is 9.72 Å². The minimum atomic E-state index is 0.293. The van der Waals surface area contributed by atoms with Gasteiger partial charge >= 0.3 is 0 Å². The second kappa shape index (κ2) is 3.69. The molecule has 1 aromatic rings. The van der Waals surface area contributed by atoms with Gasteiger partial charge in [-0.15, -0.1) is 0 Å². The standard InChI is InChI=1S/C7H9IN2O2/c8-7-9-6(12-10-7)4-5-2-1-3-11-5/h5H,1-4H2. The van der Waals surface area contributed by atoms with Crippen molar-refractivity contribution in [3.63, 3.8) is 0 Å². The second-order valence-corrected chi connectivity index (χ2v) is 3.76. The highest BCUT2D eigenvalue weighted by atomic mass is 127. The Morgan fingerprint density at radius 3 is 3.08 bits per heavy atom. The summed E-state index contributed by atoms with van der Waals surface area (Å²) in [5, 5.41) is 3.70. The van der Waals surface area contributed by atoms with Crippen molar-refractivity contribution in [2.24, 2.45) is 0 Å². The Labute approximate surface area is 83.8 Å². The van der Waals surface area contributed by atoms with Crippen LogP contribution in [0.1, 0.15) is 18.7 Å². The molecule has 1 aromatic heterocycles. The van der Waals surface area contributed by atoms with Gasteiger partial charge < -0.3 is 9.26 Å². The first-order valence-electron chi connectivity index (χ1n) is 3.94. The Morgan fingerprint density at radius 1 is 1.58 bits per heavy atom. The summed E-state index contributed by atoms with van der Waals surface area (Å²) >= 11 is 2.03. The number of nitrogens with zero attached hydrogens (tertiary/aromatic N) is 2. The van der Waals surface area contributed by atoms with Crippen LogP contribution >= 0.6 is 22.6 Å². The lowest BCUT2D eigenvalue weighted by Crippen LogP contribution is -2.08. The lowest BCUT2D eigenvalue weighted by molar-refractivity contribution is 0.104. The van der Waals surface area contributed by atoms with E-state index in [1.807, 2.05) is 22.6 Å². The molecule has 1 unspecified atom stereocenters. The van der Waals surface area contributed by atoms with E-state index in [2.05, 4.69) is 10.1 Å². The molecule has 0 aliphatic carbocycles. The van der Waals surface area contributed by atoms with E-state index in [-0.39, 0.29) is 0 Å². The van der Waals surface area contributed by atoms with E-state index in [0.29, 0.717) is 15.8 Å². The van der Waals surface area contributed by atoms with Gasteiger partial charge in [-0.05, 0) is 12.8 Å². The largest absolute Gasteiger partial charge is 0.378 e. The van der Waals surface area contributed by atoms with E-state index in [1.54, 1.807) is 0 Å². The Hall–Kier alpha value is -0.170. The third kappa shape index (κ3) is 1.95. The molecule has 1 aliphatic rings. The highest BCUT2D eigenvalue weighted by Gasteiger charge is 2.18. The van der Waals surface area contributed by atoms with Crippen LogP contribution in [0.5, 0.6) is 0 Å². The van der Waals surface area contributed by atoms with E-state index in [4.69, 9.17) is 9.26 Å². The minimum Gasteiger partial charge on any atom is -0.378 e. The van der Waals surface area contributed by atoms with Gasteiger partial charge in [0.1, 0.15) is 0 Å². The zero-order valence-electron chi connectivity index (χ0n) is 6.49. The third-order valence-electron chi connectivity index (χ3n) is 1.87. The summed E-state index contributed by atoms with van der Waals surface area (Å²) in [5.41, 5.74) is 0. The van der Waals surface area contributed by atoms with Crippen molar-refractivity contribution in [1.82, 2.24) is 10.1 Å². The van der Waals surface area contributed by atoms with Crippen LogP contribution in [0.4, 0.5) is 0 Å². The van der Waals surface area contributed by atoms with Crippen molar-refractivity contribution in [1.29, 1.82) is 0 Å². The normalized spacial score (nSPS) is 23.2. The van der Waals surface area contributed by atoms with E-state index in [1.165, 1.54) is 0 Å². The van der Waals surface area contributed by atoms with Gasteiger partial charge in [-0.25, -0.2) is 0 Å². The molecule has 2 heterocycles. The van der Waals surface area contributed by atoms with Crippen LogP contribution in [0, 0.1) is 3.83 Å². The summed E-state index contributed by atoms with van der Waals surface area (Å²) in [6.07, 6.45) is 3.31. The van der Waals surface area contributed by atoms with Gasteiger partial charge in [-0.2, -0.15) is 4.98 Å². The first-order chi connectivity index (χ1) is 5.84. The smallest absolute Gasteiger partial charge is 0.232 e. The molecule has 0 N–H and O–H groups in total. The van der Waals surface area contributed by atoms with Gasteiger partial charge in [-0.3, -0.25) is 0 Å². The molecule has 1 aliphatic heterocycles. The second-order valence-electron chi connectivity index (χ2n) is 2.80.